The van der Waals surface area contributed by atoms with Crippen LogP contribution in [0.1, 0.15) is 63.2 Å². The van der Waals surface area contributed by atoms with Crippen molar-refractivity contribution in [2.24, 2.45) is 11.3 Å². The first kappa shape index (κ1) is 22.8. The van der Waals surface area contributed by atoms with E-state index >= 15 is 0 Å². The Kier molecular flexibility index (Phi) is 7.20. The summed E-state index contributed by atoms with van der Waals surface area (Å²) in [6, 6.07) is 16.2. The van der Waals surface area contributed by atoms with Gasteiger partial charge in [-0.15, -0.1) is 0 Å². The molecule has 1 amide bonds. The van der Waals surface area contributed by atoms with Crippen molar-refractivity contribution in [1.82, 2.24) is 10.2 Å². The van der Waals surface area contributed by atoms with Crippen molar-refractivity contribution in [2.75, 3.05) is 26.2 Å². The number of amides is 1. The Morgan fingerprint density at radius 1 is 1.09 bits per heavy atom. The third-order valence-electron chi connectivity index (χ3n) is 7.35. The number of hydrogen-bond donors (Lipinski definition) is 1. The standard InChI is InChI=1S/C28H38N2O2/c1-21(20-30-16-4-5-17-30)32-26-10-6-8-24(18-26)22-11-13-23(14-12-22)27(31)29-19-25-9-7-15-28(25,2)3/h6,8,10-14,18,21,25H,4-5,7,9,15-17,19-20H2,1-3H3,(H,29,31). The number of carbonyl (C=O) groups excluding carboxylic acids is 1. The summed E-state index contributed by atoms with van der Waals surface area (Å²) in [5.41, 5.74) is 3.25. The maximum atomic E-state index is 12.6. The predicted octanol–water partition coefficient (Wildman–Crippen LogP) is 5.77. The summed E-state index contributed by atoms with van der Waals surface area (Å²) in [5.74, 6) is 1.49. The lowest BCUT2D eigenvalue weighted by Crippen LogP contribution is -2.33. The summed E-state index contributed by atoms with van der Waals surface area (Å²) >= 11 is 0. The van der Waals surface area contributed by atoms with Crippen molar-refractivity contribution in [3.8, 4) is 16.9 Å². The molecule has 32 heavy (non-hydrogen) atoms. The molecular weight excluding hydrogens is 396 g/mol. The van der Waals surface area contributed by atoms with Gasteiger partial charge in [0.15, 0.2) is 0 Å². The van der Waals surface area contributed by atoms with E-state index in [1.165, 1.54) is 45.2 Å². The predicted molar refractivity (Wildman–Crippen MR) is 131 cm³/mol. The van der Waals surface area contributed by atoms with Crippen LogP contribution in [0, 0.1) is 11.3 Å². The molecule has 2 fully saturated rings. The van der Waals surface area contributed by atoms with Gasteiger partial charge in [-0.25, -0.2) is 0 Å². The molecule has 1 N–H and O–H groups in total. The van der Waals surface area contributed by atoms with E-state index in [0.29, 0.717) is 11.3 Å². The summed E-state index contributed by atoms with van der Waals surface area (Å²) in [5, 5.41) is 3.15. The van der Waals surface area contributed by atoms with Gasteiger partial charge in [0.1, 0.15) is 11.9 Å². The molecule has 1 heterocycles. The molecule has 2 aliphatic rings. The van der Waals surface area contributed by atoms with Crippen LogP contribution in [0.2, 0.25) is 0 Å². The van der Waals surface area contributed by atoms with Crippen molar-refractivity contribution in [2.45, 2.75) is 59.0 Å². The number of ether oxygens (including phenoxy) is 1. The molecule has 0 radical (unpaired) electrons. The Hall–Kier alpha value is -2.33. The monoisotopic (exact) mass is 434 g/mol. The van der Waals surface area contributed by atoms with Gasteiger partial charge in [-0.2, -0.15) is 0 Å². The van der Waals surface area contributed by atoms with Gasteiger partial charge in [0.25, 0.3) is 5.91 Å². The first-order valence-electron chi connectivity index (χ1n) is 12.3. The molecule has 1 aliphatic heterocycles. The minimum absolute atomic E-state index is 0.0204. The van der Waals surface area contributed by atoms with Gasteiger partial charge in [-0.3, -0.25) is 9.69 Å². The summed E-state index contributed by atoms with van der Waals surface area (Å²) < 4.78 is 6.19. The SMILES string of the molecule is CC(CN1CCCC1)Oc1cccc(-c2ccc(C(=O)NCC3CCCC3(C)C)cc2)c1. The van der Waals surface area contributed by atoms with Crippen molar-refractivity contribution >= 4 is 5.91 Å². The number of carbonyl (C=O) groups is 1. The molecule has 2 atom stereocenters. The topological polar surface area (TPSA) is 41.6 Å². The number of hydrogen-bond acceptors (Lipinski definition) is 3. The molecule has 0 aromatic heterocycles. The minimum atomic E-state index is 0.0204. The Labute approximate surface area is 193 Å². The average molecular weight is 435 g/mol. The van der Waals surface area contributed by atoms with Crippen LogP contribution in [0.3, 0.4) is 0 Å². The molecule has 2 aromatic rings. The van der Waals surface area contributed by atoms with E-state index < -0.39 is 0 Å². The maximum Gasteiger partial charge on any atom is 0.251 e. The lowest BCUT2D eigenvalue weighted by atomic mass is 9.82. The van der Waals surface area contributed by atoms with E-state index in [1.54, 1.807) is 0 Å². The molecule has 1 saturated carbocycles. The molecular formula is C28H38N2O2. The van der Waals surface area contributed by atoms with Crippen LogP contribution in [0.15, 0.2) is 48.5 Å². The number of likely N-dealkylation sites (tertiary alicyclic amines) is 1. The highest BCUT2D eigenvalue weighted by molar-refractivity contribution is 5.94. The summed E-state index contributed by atoms with van der Waals surface area (Å²) in [4.78, 5) is 15.1. The van der Waals surface area contributed by atoms with E-state index in [4.69, 9.17) is 4.74 Å². The van der Waals surface area contributed by atoms with Crippen molar-refractivity contribution in [1.29, 1.82) is 0 Å². The van der Waals surface area contributed by atoms with E-state index in [0.717, 1.165) is 35.5 Å². The Bertz CT molecular complexity index is 900. The molecule has 1 saturated heterocycles. The first-order valence-corrected chi connectivity index (χ1v) is 12.3. The second-order valence-corrected chi connectivity index (χ2v) is 10.3. The molecule has 4 heteroatoms. The number of nitrogens with zero attached hydrogens (tertiary/aromatic N) is 1. The van der Waals surface area contributed by atoms with Gasteiger partial charge >= 0.3 is 0 Å². The fourth-order valence-corrected chi connectivity index (χ4v) is 5.26. The molecule has 4 rings (SSSR count). The molecule has 172 valence electrons. The highest BCUT2D eigenvalue weighted by Crippen LogP contribution is 2.42. The largest absolute Gasteiger partial charge is 0.489 e. The maximum absolute atomic E-state index is 12.6. The summed E-state index contributed by atoms with van der Waals surface area (Å²) in [6.45, 7) is 10.9. The van der Waals surface area contributed by atoms with Crippen molar-refractivity contribution in [3.63, 3.8) is 0 Å². The fourth-order valence-electron chi connectivity index (χ4n) is 5.26. The highest BCUT2D eigenvalue weighted by Gasteiger charge is 2.34. The lowest BCUT2D eigenvalue weighted by Gasteiger charge is -2.27. The molecule has 0 spiro atoms. The van der Waals surface area contributed by atoms with Crippen LogP contribution in [0.5, 0.6) is 5.75 Å². The second kappa shape index (κ2) is 10.1. The van der Waals surface area contributed by atoms with E-state index in [2.05, 4.69) is 43.1 Å². The number of nitrogens with one attached hydrogen (secondary N) is 1. The minimum Gasteiger partial charge on any atom is -0.489 e. The zero-order valence-electron chi connectivity index (χ0n) is 19.9. The van der Waals surface area contributed by atoms with Crippen LogP contribution < -0.4 is 10.1 Å². The van der Waals surface area contributed by atoms with Crippen LogP contribution in [-0.2, 0) is 0 Å². The van der Waals surface area contributed by atoms with E-state index in [1.807, 2.05) is 36.4 Å². The highest BCUT2D eigenvalue weighted by atomic mass is 16.5. The van der Waals surface area contributed by atoms with Crippen molar-refractivity contribution in [3.05, 3.63) is 54.1 Å². The molecule has 4 nitrogen and oxygen atoms in total. The fraction of sp³-hybridized carbons (Fsp3) is 0.536. The zero-order chi connectivity index (χ0) is 22.6. The van der Waals surface area contributed by atoms with Gasteiger partial charge < -0.3 is 10.1 Å². The van der Waals surface area contributed by atoms with Crippen LogP contribution >= 0.6 is 0 Å². The van der Waals surface area contributed by atoms with Gasteiger partial charge in [0, 0.05) is 18.7 Å². The molecule has 1 aliphatic carbocycles. The van der Waals surface area contributed by atoms with Crippen LogP contribution in [0.25, 0.3) is 11.1 Å². The number of rotatable bonds is 8. The van der Waals surface area contributed by atoms with E-state index in [9.17, 15) is 4.79 Å². The smallest absolute Gasteiger partial charge is 0.251 e. The molecule has 2 unspecified atom stereocenters. The van der Waals surface area contributed by atoms with Crippen LogP contribution in [0.4, 0.5) is 0 Å². The quantitative estimate of drug-likeness (QED) is 0.573. The van der Waals surface area contributed by atoms with E-state index in [-0.39, 0.29) is 12.0 Å². The van der Waals surface area contributed by atoms with Gasteiger partial charge in [0.05, 0.1) is 0 Å². The van der Waals surface area contributed by atoms with Gasteiger partial charge in [0.2, 0.25) is 0 Å². The zero-order valence-corrected chi connectivity index (χ0v) is 19.9. The Morgan fingerprint density at radius 3 is 2.53 bits per heavy atom. The molecule has 0 bridgehead atoms. The van der Waals surface area contributed by atoms with Crippen molar-refractivity contribution < 1.29 is 9.53 Å². The average Bonchev–Trinajstić information content (AvgIpc) is 3.41. The number of benzene rings is 2. The Balaban J connectivity index is 1.34. The summed E-state index contributed by atoms with van der Waals surface area (Å²) in [6.07, 6.45) is 6.49. The third-order valence-corrected chi connectivity index (χ3v) is 7.35. The lowest BCUT2D eigenvalue weighted by molar-refractivity contribution is 0.0937. The molecule has 2 aromatic carbocycles. The second-order valence-electron chi connectivity index (χ2n) is 10.3. The first-order chi connectivity index (χ1) is 15.4. The third kappa shape index (κ3) is 5.72. The normalized spacial score (nSPS) is 21.4. The van der Waals surface area contributed by atoms with Crippen LogP contribution in [-0.4, -0.2) is 43.1 Å². The van der Waals surface area contributed by atoms with Gasteiger partial charge in [-0.05, 0) is 92.4 Å². The van der Waals surface area contributed by atoms with Gasteiger partial charge in [-0.1, -0.05) is 44.5 Å². The Morgan fingerprint density at radius 2 is 1.84 bits per heavy atom. The summed E-state index contributed by atoms with van der Waals surface area (Å²) in [7, 11) is 0.